The Bertz CT molecular complexity index is 185. The van der Waals surface area contributed by atoms with Crippen molar-refractivity contribution >= 4 is 20.7 Å². The van der Waals surface area contributed by atoms with E-state index in [9.17, 15) is 4.21 Å². The van der Waals surface area contributed by atoms with Crippen LogP contribution in [0.25, 0.3) is 0 Å². The molecule has 1 aromatic heterocycles. The van der Waals surface area contributed by atoms with Gasteiger partial charge >= 0.3 is 0 Å². The molecular formula is C3H3ClN2OS. The van der Waals surface area contributed by atoms with Crippen LogP contribution in [0.2, 0.25) is 0 Å². The second-order valence-electron chi connectivity index (χ2n) is 1.14. The summed E-state index contributed by atoms with van der Waals surface area (Å²) in [5, 5.41) is 0.437. The normalized spacial score (nSPS) is 13.6. The van der Waals surface area contributed by atoms with Gasteiger partial charge in [-0.3, -0.25) is 0 Å². The summed E-state index contributed by atoms with van der Waals surface area (Å²) in [4.78, 5) is 6.20. The van der Waals surface area contributed by atoms with Crippen molar-refractivity contribution in [2.75, 3.05) is 0 Å². The number of aromatic nitrogens is 2. The molecule has 1 N–H and O–H groups in total. The first kappa shape index (κ1) is 5.78. The Balaban J connectivity index is 2.93. The van der Waals surface area contributed by atoms with E-state index in [0.29, 0.717) is 5.03 Å². The molecule has 0 spiro atoms. The van der Waals surface area contributed by atoms with Crippen LogP contribution < -0.4 is 0 Å². The van der Waals surface area contributed by atoms with Crippen molar-refractivity contribution < 1.29 is 4.21 Å². The van der Waals surface area contributed by atoms with Gasteiger partial charge in [0.1, 0.15) is 5.03 Å². The third-order valence-corrected chi connectivity index (χ3v) is 1.71. The minimum absolute atomic E-state index is 0.437. The molecule has 1 unspecified atom stereocenters. The summed E-state index contributed by atoms with van der Waals surface area (Å²) in [6, 6.07) is 0. The fourth-order valence-electron chi connectivity index (χ4n) is 0.331. The molecule has 1 aromatic rings. The predicted molar refractivity (Wildman–Crippen MR) is 30.8 cm³/mol. The SMILES string of the molecule is O=S(Cl)c1cnc[nH]1. The zero-order chi connectivity index (χ0) is 5.98. The standard InChI is InChI=1S/C3H3ClN2OS/c4-8(7)3-1-5-2-6-3/h1-2H,(H,5,6). The van der Waals surface area contributed by atoms with Gasteiger partial charge in [0.2, 0.25) is 0 Å². The van der Waals surface area contributed by atoms with Crippen LogP contribution >= 0.6 is 10.7 Å². The zero-order valence-corrected chi connectivity index (χ0v) is 5.37. The van der Waals surface area contributed by atoms with Crippen molar-refractivity contribution in [3.05, 3.63) is 12.5 Å². The van der Waals surface area contributed by atoms with Gasteiger partial charge in [-0.25, -0.2) is 9.19 Å². The molecule has 8 heavy (non-hydrogen) atoms. The number of hydrogen-bond donors (Lipinski definition) is 1. The van der Waals surface area contributed by atoms with Crippen LogP contribution in [0.4, 0.5) is 0 Å². The monoisotopic (exact) mass is 150 g/mol. The van der Waals surface area contributed by atoms with Gasteiger partial charge in [-0.1, -0.05) is 0 Å². The molecule has 3 nitrogen and oxygen atoms in total. The molecule has 1 atom stereocenters. The molecule has 0 bridgehead atoms. The summed E-state index contributed by atoms with van der Waals surface area (Å²) in [5.41, 5.74) is 0. The van der Waals surface area contributed by atoms with Gasteiger partial charge in [0.25, 0.3) is 0 Å². The van der Waals surface area contributed by atoms with Gasteiger partial charge in [0.15, 0.2) is 10.0 Å². The van der Waals surface area contributed by atoms with Crippen molar-refractivity contribution in [3.8, 4) is 0 Å². The second kappa shape index (κ2) is 2.28. The number of halogens is 1. The molecule has 44 valence electrons. The van der Waals surface area contributed by atoms with E-state index >= 15 is 0 Å². The Morgan fingerprint density at radius 1 is 1.88 bits per heavy atom. The van der Waals surface area contributed by atoms with Gasteiger partial charge in [-0.2, -0.15) is 0 Å². The minimum atomic E-state index is -1.44. The molecule has 0 aliphatic rings. The number of nitrogens with zero attached hydrogens (tertiary/aromatic N) is 1. The van der Waals surface area contributed by atoms with E-state index in [4.69, 9.17) is 10.7 Å². The molecule has 0 aromatic carbocycles. The largest absolute Gasteiger partial charge is 0.337 e. The topological polar surface area (TPSA) is 45.8 Å². The second-order valence-corrected chi connectivity index (χ2v) is 2.87. The predicted octanol–water partition coefficient (Wildman–Crippen LogP) is 0.671. The van der Waals surface area contributed by atoms with E-state index in [1.165, 1.54) is 12.5 Å². The van der Waals surface area contributed by atoms with E-state index < -0.39 is 10.0 Å². The first-order valence-electron chi connectivity index (χ1n) is 1.87. The maximum Gasteiger partial charge on any atom is 0.165 e. The highest BCUT2D eigenvalue weighted by Gasteiger charge is 1.96. The summed E-state index contributed by atoms with van der Waals surface area (Å²) in [7, 11) is 3.70. The maximum atomic E-state index is 10.3. The lowest BCUT2D eigenvalue weighted by Crippen LogP contribution is -1.77. The van der Waals surface area contributed by atoms with Crippen LogP contribution in [0.1, 0.15) is 0 Å². The first-order chi connectivity index (χ1) is 3.80. The molecule has 1 heterocycles. The Kier molecular flexibility index (Phi) is 1.65. The Morgan fingerprint density at radius 3 is 2.88 bits per heavy atom. The number of rotatable bonds is 1. The highest BCUT2D eigenvalue weighted by molar-refractivity contribution is 8.08. The molecule has 0 amide bonds. The molecule has 1 rings (SSSR count). The number of aromatic amines is 1. The van der Waals surface area contributed by atoms with E-state index in [1.54, 1.807) is 0 Å². The van der Waals surface area contributed by atoms with Crippen LogP contribution in [0.3, 0.4) is 0 Å². The maximum absolute atomic E-state index is 10.3. The average Bonchev–Trinajstić information content (AvgIpc) is 2.12. The van der Waals surface area contributed by atoms with Crippen molar-refractivity contribution in [3.63, 3.8) is 0 Å². The van der Waals surface area contributed by atoms with Crippen LogP contribution in [-0.4, -0.2) is 14.2 Å². The molecular weight excluding hydrogens is 148 g/mol. The molecule has 0 radical (unpaired) electrons. The van der Waals surface area contributed by atoms with E-state index in [2.05, 4.69) is 9.97 Å². The lowest BCUT2D eigenvalue weighted by atomic mass is 11.0. The van der Waals surface area contributed by atoms with E-state index in [-0.39, 0.29) is 0 Å². The lowest BCUT2D eigenvalue weighted by molar-refractivity contribution is 0.689. The van der Waals surface area contributed by atoms with Crippen molar-refractivity contribution in [2.24, 2.45) is 0 Å². The highest BCUT2D eigenvalue weighted by atomic mass is 35.7. The van der Waals surface area contributed by atoms with Crippen LogP contribution in [0.5, 0.6) is 0 Å². The number of hydrogen-bond acceptors (Lipinski definition) is 2. The van der Waals surface area contributed by atoms with E-state index in [0.717, 1.165) is 0 Å². The molecule has 0 aliphatic carbocycles. The molecule has 0 aliphatic heterocycles. The van der Waals surface area contributed by atoms with Gasteiger partial charge in [0.05, 0.1) is 12.5 Å². The van der Waals surface area contributed by atoms with Crippen molar-refractivity contribution in [1.82, 2.24) is 9.97 Å². The van der Waals surface area contributed by atoms with E-state index in [1.807, 2.05) is 0 Å². The van der Waals surface area contributed by atoms with Crippen LogP contribution in [0.15, 0.2) is 17.6 Å². The van der Waals surface area contributed by atoms with Crippen molar-refractivity contribution in [2.45, 2.75) is 5.03 Å². The summed E-state index contributed by atoms with van der Waals surface area (Å²) in [5.74, 6) is 0. The third-order valence-electron chi connectivity index (χ3n) is 0.646. The van der Waals surface area contributed by atoms with Gasteiger partial charge in [-0.15, -0.1) is 0 Å². The fraction of sp³-hybridized carbons (Fsp3) is 0. The third kappa shape index (κ3) is 1.08. The van der Waals surface area contributed by atoms with Gasteiger partial charge < -0.3 is 4.98 Å². The van der Waals surface area contributed by atoms with Gasteiger partial charge in [-0.05, 0) is 10.7 Å². The summed E-state index contributed by atoms with van der Waals surface area (Å²) in [6.07, 6.45) is 2.85. The fourth-order valence-corrected chi connectivity index (χ4v) is 0.873. The number of H-pyrrole nitrogens is 1. The average molecular weight is 151 g/mol. The quantitative estimate of drug-likeness (QED) is 0.599. The molecule has 0 saturated heterocycles. The summed E-state index contributed by atoms with van der Waals surface area (Å²) in [6.45, 7) is 0. The van der Waals surface area contributed by atoms with Gasteiger partial charge in [0, 0.05) is 0 Å². The van der Waals surface area contributed by atoms with Crippen LogP contribution in [0, 0.1) is 0 Å². The minimum Gasteiger partial charge on any atom is -0.337 e. The first-order valence-corrected chi connectivity index (χ1v) is 3.84. The van der Waals surface area contributed by atoms with Crippen LogP contribution in [-0.2, 0) is 10.0 Å². The number of imidazole rings is 1. The van der Waals surface area contributed by atoms with Crippen molar-refractivity contribution in [1.29, 1.82) is 0 Å². The Labute approximate surface area is 53.0 Å². The molecule has 0 saturated carbocycles. The molecule has 0 fully saturated rings. The zero-order valence-electron chi connectivity index (χ0n) is 3.80. The summed E-state index contributed by atoms with van der Waals surface area (Å²) < 4.78 is 10.3. The molecule has 5 heteroatoms. The summed E-state index contributed by atoms with van der Waals surface area (Å²) >= 11 is 0. The number of nitrogens with one attached hydrogen (secondary N) is 1. The smallest absolute Gasteiger partial charge is 0.165 e. The Morgan fingerprint density at radius 2 is 2.62 bits per heavy atom. The highest BCUT2D eigenvalue weighted by Crippen LogP contribution is 2.01. The lowest BCUT2D eigenvalue weighted by Gasteiger charge is -1.78. The Hall–Kier alpha value is -0.350.